The molecule has 2 N–H and O–H groups in total. The summed E-state index contributed by atoms with van der Waals surface area (Å²) < 4.78 is 0. The van der Waals surface area contributed by atoms with E-state index in [-0.39, 0.29) is 11.9 Å². The number of carboxylic acid groups (broad SMARTS) is 1. The summed E-state index contributed by atoms with van der Waals surface area (Å²) >= 11 is 0. The highest BCUT2D eigenvalue weighted by Crippen LogP contribution is 2.25. The maximum absolute atomic E-state index is 11.7. The fourth-order valence-corrected chi connectivity index (χ4v) is 2.54. The van der Waals surface area contributed by atoms with Gasteiger partial charge in [-0.2, -0.15) is 0 Å². The third-order valence-corrected chi connectivity index (χ3v) is 3.75. The van der Waals surface area contributed by atoms with Gasteiger partial charge in [-0.15, -0.1) is 0 Å². The van der Waals surface area contributed by atoms with E-state index in [2.05, 4.69) is 5.32 Å². The highest BCUT2D eigenvalue weighted by molar-refractivity contribution is 5.85. The van der Waals surface area contributed by atoms with Crippen molar-refractivity contribution in [2.45, 2.75) is 13.0 Å². The molecule has 0 aliphatic rings. The van der Waals surface area contributed by atoms with E-state index in [1.165, 1.54) is 13.0 Å². The van der Waals surface area contributed by atoms with Crippen LogP contribution in [-0.2, 0) is 9.59 Å². The number of anilines is 1. The first kappa shape index (κ1) is 18.3. The van der Waals surface area contributed by atoms with Gasteiger partial charge < -0.3 is 15.3 Å². The van der Waals surface area contributed by atoms with Crippen molar-refractivity contribution in [3.05, 3.63) is 71.3 Å². The third kappa shape index (κ3) is 5.21. The van der Waals surface area contributed by atoms with E-state index in [1.807, 2.05) is 67.5 Å². The molecule has 0 fully saturated rings. The second-order valence-corrected chi connectivity index (χ2v) is 5.96. The van der Waals surface area contributed by atoms with Gasteiger partial charge in [-0.05, 0) is 41.0 Å². The molecule has 5 nitrogen and oxygen atoms in total. The summed E-state index contributed by atoms with van der Waals surface area (Å²) in [5.74, 6) is -1.13. The molecule has 130 valence electrons. The van der Waals surface area contributed by atoms with Gasteiger partial charge in [-0.3, -0.25) is 4.79 Å². The van der Waals surface area contributed by atoms with E-state index in [0.29, 0.717) is 0 Å². The zero-order valence-corrected chi connectivity index (χ0v) is 14.6. The van der Waals surface area contributed by atoms with Gasteiger partial charge in [0.25, 0.3) is 0 Å². The Labute approximate surface area is 147 Å². The summed E-state index contributed by atoms with van der Waals surface area (Å²) in [4.78, 5) is 24.4. The van der Waals surface area contributed by atoms with E-state index < -0.39 is 5.97 Å². The first-order valence-electron chi connectivity index (χ1n) is 7.92. The average molecular weight is 338 g/mol. The molecular formula is C20H22N2O3. The van der Waals surface area contributed by atoms with Crippen LogP contribution in [0.5, 0.6) is 0 Å². The summed E-state index contributed by atoms with van der Waals surface area (Å²) in [7, 11) is 3.94. The lowest BCUT2D eigenvalue weighted by atomic mass is 9.96. The Kier molecular flexibility index (Phi) is 5.95. The Morgan fingerprint density at radius 1 is 1.08 bits per heavy atom. The molecule has 0 heterocycles. The summed E-state index contributed by atoms with van der Waals surface area (Å²) in [6.45, 7) is 1.48. The molecule has 1 unspecified atom stereocenters. The number of rotatable bonds is 6. The maximum atomic E-state index is 11.7. The Bertz CT molecular complexity index is 780. The van der Waals surface area contributed by atoms with Crippen LogP contribution in [0.15, 0.2) is 54.6 Å². The van der Waals surface area contributed by atoms with Crippen molar-refractivity contribution >= 4 is 23.6 Å². The highest BCUT2D eigenvalue weighted by Gasteiger charge is 2.15. The van der Waals surface area contributed by atoms with Crippen molar-refractivity contribution in [3.8, 4) is 0 Å². The third-order valence-electron chi connectivity index (χ3n) is 3.75. The molecule has 2 rings (SSSR count). The number of nitrogens with one attached hydrogen (secondary N) is 1. The molecule has 0 radical (unpaired) electrons. The van der Waals surface area contributed by atoms with Crippen LogP contribution < -0.4 is 10.2 Å². The van der Waals surface area contributed by atoms with Crippen LogP contribution in [0.2, 0.25) is 0 Å². The smallest absolute Gasteiger partial charge is 0.328 e. The Balaban J connectivity index is 2.38. The lowest BCUT2D eigenvalue weighted by Gasteiger charge is -2.21. The number of hydrogen-bond donors (Lipinski definition) is 2. The van der Waals surface area contributed by atoms with Crippen LogP contribution in [0.25, 0.3) is 6.08 Å². The van der Waals surface area contributed by atoms with Crippen LogP contribution >= 0.6 is 0 Å². The minimum Gasteiger partial charge on any atom is -0.478 e. The lowest BCUT2D eigenvalue weighted by Crippen LogP contribution is -2.27. The quantitative estimate of drug-likeness (QED) is 0.794. The molecule has 5 heteroatoms. The Hall–Kier alpha value is -3.08. The van der Waals surface area contributed by atoms with Crippen molar-refractivity contribution in [2.24, 2.45) is 0 Å². The predicted octanol–water partition coefficient (Wildman–Crippen LogP) is 3.08. The topological polar surface area (TPSA) is 69.6 Å². The number of hydrogen-bond acceptors (Lipinski definition) is 3. The first-order valence-corrected chi connectivity index (χ1v) is 7.92. The zero-order chi connectivity index (χ0) is 18.4. The lowest BCUT2D eigenvalue weighted by molar-refractivity contribution is -0.131. The minimum absolute atomic E-state index is 0.131. The standard InChI is InChI=1S/C20H22N2O3/c1-14(23)21-20(16-8-10-18(11-9-16)22(2)3)17-6-4-5-15(13-17)7-12-19(24)25/h4-13,20H,1-3H3,(H,21,23)(H,24,25)/b12-7+. The predicted molar refractivity (Wildman–Crippen MR) is 99.5 cm³/mol. The van der Waals surface area contributed by atoms with Crippen LogP contribution in [-0.4, -0.2) is 31.1 Å². The van der Waals surface area contributed by atoms with Gasteiger partial charge in [0.2, 0.25) is 5.91 Å². The van der Waals surface area contributed by atoms with Crippen LogP contribution in [0.4, 0.5) is 5.69 Å². The number of amides is 1. The number of carboxylic acids is 1. The molecule has 0 spiro atoms. The van der Waals surface area contributed by atoms with Gasteiger partial charge in [-0.1, -0.05) is 30.3 Å². The second kappa shape index (κ2) is 8.15. The molecule has 0 bridgehead atoms. The van der Waals surface area contributed by atoms with Gasteiger partial charge >= 0.3 is 5.97 Å². The molecule has 1 amide bonds. The molecule has 25 heavy (non-hydrogen) atoms. The summed E-state index contributed by atoms with van der Waals surface area (Å²) in [5, 5.41) is 11.7. The van der Waals surface area contributed by atoms with Crippen LogP contribution in [0.3, 0.4) is 0 Å². The fraction of sp³-hybridized carbons (Fsp3) is 0.200. The number of carbonyl (C=O) groups excluding carboxylic acids is 1. The van der Waals surface area contributed by atoms with E-state index in [1.54, 1.807) is 0 Å². The van der Waals surface area contributed by atoms with Crippen molar-refractivity contribution in [1.29, 1.82) is 0 Å². The fourth-order valence-electron chi connectivity index (χ4n) is 2.54. The largest absolute Gasteiger partial charge is 0.478 e. The highest BCUT2D eigenvalue weighted by atomic mass is 16.4. The van der Waals surface area contributed by atoms with E-state index >= 15 is 0 Å². The normalized spacial score (nSPS) is 12.0. The molecule has 0 aromatic heterocycles. The van der Waals surface area contributed by atoms with Crippen molar-refractivity contribution in [1.82, 2.24) is 5.32 Å². The number of nitrogens with zero attached hydrogens (tertiary/aromatic N) is 1. The molecule has 1 atom stereocenters. The molecule has 0 aliphatic heterocycles. The maximum Gasteiger partial charge on any atom is 0.328 e. The number of benzene rings is 2. The van der Waals surface area contributed by atoms with Crippen molar-refractivity contribution in [3.63, 3.8) is 0 Å². The Morgan fingerprint density at radius 2 is 1.76 bits per heavy atom. The number of aliphatic carboxylic acids is 1. The van der Waals surface area contributed by atoms with Crippen LogP contribution in [0.1, 0.15) is 29.7 Å². The molecule has 2 aromatic rings. The molecule has 2 aromatic carbocycles. The van der Waals surface area contributed by atoms with Gasteiger partial charge in [-0.25, -0.2) is 4.79 Å². The SMILES string of the molecule is CC(=O)NC(c1ccc(N(C)C)cc1)c1cccc(/C=C/C(=O)O)c1. The number of carbonyl (C=O) groups is 2. The van der Waals surface area contributed by atoms with Gasteiger partial charge in [0.15, 0.2) is 0 Å². The molecule has 0 aliphatic carbocycles. The average Bonchev–Trinajstić information content (AvgIpc) is 2.58. The van der Waals surface area contributed by atoms with E-state index in [0.717, 1.165) is 28.5 Å². The van der Waals surface area contributed by atoms with Crippen molar-refractivity contribution < 1.29 is 14.7 Å². The molecule has 0 saturated carbocycles. The Morgan fingerprint density at radius 3 is 2.32 bits per heavy atom. The van der Waals surface area contributed by atoms with E-state index in [9.17, 15) is 9.59 Å². The molecule has 0 saturated heterocycles. The van der Waals surface area contributed by atoms with Gasteiger partial charge in [0, 0.05) is 32.8 Å². The second-order valence-electron chi connectivity index (χ2n) is 5.96. The van der Waals surface area contributed by atoms with Gasteiger partial charge in [0.1, 0.15) is 0 Å². The summed E-state index contributed by atoms with van der Waals surface area (Å²) in [6.07, 6.45) is 2.63. The van der Waals surface area contributed by atoms with Crippen LogP contribution in [0, 0.1) is 0 Å². The summed E-state index contributed by atoms with van der Waals surface area (Å²) in [5.41, 5.74) is 3.68. The van der Waals surface area contributed by atoms with Gasteiger partial charge in [0.05, 0.1) is 6.04 Å². The zero-order valence-electron chi connectivity index (χ0n) is 14.6. The summed E-state index contributed by atoms with van der Waals surface area (Å²) in [6, 6.07) is 15.1. The molecular weight excluding hydrogens is 316 g/mol. The van der Waals surface area contributed by atoms with E-state index in [4.69, 9.17) is 5.11 Å². The monoisotopic (exact) mass is 338 g/mol. The van der Waals surface area contributed by atoms with Crippen molar-refractivity contribution in [2.75, 3.05) is 19.0 Å². The minimum atomic E-state index is -0.997. The first-order chi connectivity index (χ1) is 11.9.